The second-order valence-electron chi connectivity index (χ2n) is 9.91. The van der Waals surface area contributed by atoms with Gasteiger partial charge in [-0.1, -0.05) is 42.5 Å². The Morgan fingerprint density at radius 1 is 0.944 bits per heavy atom. The molecule has 36 heavy (non-hydrogen) atoms. The minimum absolute atomic E-state index is 0.169. The molecule has 1 saturated heterocycles. The molecule has 2 heterocycles. The number of halogens is 1. The van der Waals surface area contributed by atoms with Gasteiger partial charge in [0.2, 0.25) is 0 Å². The summed E-state index contributed by atoms with van der Waals surface area (Å²) >= 11 is 0. The summed E-state index contributed by atoms with van der Waals surface area (Å²) in [5, 5.41) is 3.93. The molecule has 1 aromatic heterocycles. The summed E-state index contributed by atoms with van der Waals surface area (Å²) < 4.78 is 15.6. The third-order valence-corrected chi connectivity index (χ3v) is 7.22. The van der Waals surface area contributed by atoms with Crippen LogP contribution in [0.2, 0.25) is 0 Å². The van der Waals surface area contributed by atoms with E-state index in [0.717, 1.165) is 60.3 Å². The Morgan fingerprint density at radius 3 is 2.39 bits per heavy atom. The lowest BCUT2D eigenvalue weighted by molar-refractivity contribution is 0.0941. The summed E-state index contributed by atoms with van der Waals surface area (Å²) in [5.41, 5.74) is 5.86. The average molecular weight is 485 g/mol. The number of carbonyl (C=O) groups excluding carboxylic acids is 1. The van der Waals surface area contributed by atoms with Gasteiger partial charge in [0, 0.05) is 56.9 Å². The van der Waals surface area contributed by atoms with Crippen molar-refractivity contribution in [3.05, 3.63) is 95.4 Å². The van der Waals surface area contributed by atoms with E-state index < -0.39 is 0 Å². The van der Waals surface area contributed by atoms with Crippen molar-refractivity contribution in [3.8, 4) is 11.1 Å². The SMILES string of the molecule is C[C@H](NC(=O)c1cn(C)c2ccc(-c3ccc(CN4CCN(C)CC4)cc3)cc12)c1cccc(F)c1. The van der Waals surface area contributed by atoms with Gasteiger partial charge in [-0.15, -0.1) is 0 Å². The maximum absolute atomic E-state index is 13.6. The van der Waals surface area contributed by atoms with Gasteiger partial charge >= 0.3 is 0 Å². The minimum atomic E-state index is -0.307. The van der Waals surface area contributed by atoms with Crippen molar-refractivity contribution < 1.29 is 9.18 Å². The molecule has 0 aliphatic carbocycles. The highest BCUT2D eigenvalue weighted by molar-refractivity contribution is 6.08. The number of amides is 1. The van der Waals surface area contributed by atoms with E-state index in [4.69, 9.17) is 0 Å². The maximum atomic E-state index is 13.6. The van der Waals surface area contributed by atoms with E-state index in [1.54, 1.807) is 6.07 Å². The van der Waals surface area contributed by atoms with E-state index in [2.05, 4.69) is 64.6 Å². The number of rotatable bonds is 6. The van der Waals surface area contributed by atoms with Crippen LogP contribution in [0.5, 0.6) is 0 Å². The highest BCUT2D eigenvalue weighted by Crippen LogP contribution is 2.29. The number of benzene rings is 3. The molecule has 0 unspecified atom stereocenters. The predicted octanol–water partition coefficient (Wildman–Crippen LogP) is 5.22. The first-order valence-corrected chi connectivity index (χ1v) is 12.5. The number of carbonyl (C=O) groups is 1. The fourth-order valence-corrected chi connectivity index (χ4v) is 4.95. The molecular formula is C30H33FN4O. The van der Waals surface area contributed by atoms with E-state index >= 15 is 0 Å². The molecule has 3 aromatic carbocycles. The lowest BCUT2D eigenvalue weighted by Gasteiger charge is -2.32. The molecule has 4 aromatic rings. The number of hydrogen-bond donors (Lipinski definition) is 1. The van der Waals surface area contributed by atoms with Crippen molar-refractivity contribution in [1.82, 2.24) is 19.7 Å². The summed E-state index contributed by atoms with van der Waals surface area (Å²) in [6, 6.07) is 21.0. The Kier molecular flexibility index (Phi) is 6.90. The van der Waals surface area contributed by atoms with Crippen molar-refractivity contribution in [2.75, 3.05) is 33.2 Å². The van der Waals surface area contributed by atoms with E-state index in [1.807, 2.05) is 30.8 Å². The van der Waals surface area contributed by atoms with Gasteiger partial charge in [-0.2, -0.15) is 0 Å². The zero-order valence-electron chi connectivity index (χ0n) is 21.2. The number of nitrogens with one attached hydrogen (secondary N) is 1. The molecule has 0 radical (unpaired) electrons. The van der Waals surface area contributed by atoms with Crippen LogP contribution in [0.25, 0.3) is 22.0 Å². The molecule has 6 heteroatoms. The number of likely N-dealkylation sites (N-methyl/N-ethyl adjacent to an activating group) is 1. The van der Waals surface area contributed by atoms with Gasteiger partial charge in [0.05, 0.1) is 11.6 Å². The molecule has 1 aliphatic rings. The van der Waals surface area contributed by atoms with Crippen LogP contribution in [0.1, 0.15) is 34.5 Å². The first kappa shape index (κ1) is 24.2. The summed E-state index contributed by atoms with van der Waals surface area (Å²) in [5.74, 6) is -0.477. The number of nitrogens with zero attached hydrogens (tertiary/aromatic N) is 3. The molecule has 0 saturated carbocycles. The fourth-order valence-electron chi connectivity index (χ4n) is 4.95. The van der Waals surface area contributed by atoms with Crippen molar-refractivity contribution in [1.29, 1.82) is 0 Å². The summed E-state index contributed by atoms with van der Waals surface area (Å²) in [7, 11) is 4.12. The number of aromatic nitrogens is 1. The largest absolute Gasteiger partial charge is 0.350 e. The van der Waals surface area contributed by atoms with Gasteiger partial charge in [0.1, 0.15) is 5.82 Å². The standard InChI is InChI=1S/C30H33FN4O/c1-21(24-5-4-6-26(31)17-24)32-30(36)28-20-34(3)29-12-11-25(18-27(28)29)23-9-7-22(8-10-23)19-35-15-13-33(2)14-16-35/h4-12,17-18,20-21H,13-16,19H2,1-3H3,(H,32,36)/t21-/m0/s1. The van der Waals surface area contributed by atoms with Gasteiger partial charge in [-0.3, -0.25) is 9.69 Å². The minimum Gasteiger partial charge on any atom is -0.350 e. The van der Waals surface area contributed by atoms with E-state index in [0.29, 0.717) is 5.56 Å². The summed E-state index contributed by atoms with van der Waals surface area (Å²) in [6.07, 6.45) is 1.86. The fraction of sp³-hybridized carbons (Fsp3) is 0.300. The second kappa shape index (κ2) is 10.2. The number of aryl methyl sites for hydroxylation is 1. The Balaban J connectivity index is 1.35. The van der Waals surface area contributed by atoms with Gasteiger partial charge in [-0.05, 0) is 60.5 Å². The first-order valence-electron chi connectivity index (χ1n) is 12.5. The third kappa shape index (κ3) is 5.20. The molecule has 0 bridgehead atoms. The molecule has 1 amide bonds. The highest BCUT2D eigenvalue weighted by atomic mass is 19.1. The topological polar surface area (TPSA) is 40.5 Å². The maximum Gasteiger partial charge on any atom is 0.253 e. The molecule has 1 N–H and O–H groups in total. The predicted molar refractivity (Wildman–Crippen MR) is 143 cm³/mol. The Hall–Kier alpha value is -3.48. The van der Waals surface area contributed by atoms with Gasteiger partial charge < -0.3 is 14.8 Å². The van der Waals surface area contributed by atoms with E-state index in [-0.39, 0.29) is 17.8 Å². The Morgan fingerprint density at radius 2 is 1.67 bits per heavy atom. The third-order valence-electron chi connectivity index (χ3n) is 7.22. The molecule has 5 rings (SSSR count). The van der Waals surface area contributed by atoms with E-state index in [1.165, 1.54) is 17.7 Å². The van der Waals surface area contributed by atoms with Crippen LogP contribution in [-0.2, 0) is 13.6 Å². The monoisotopic (exact) mass is 484 g/mol. The van der Waals surface area contributed by atoms with Crippen LogP contribution in [0.3, 0.4) is 0 Å². The van der Waals surface area contributed by atoms with Crippen molar-refractivity contribution in [3.63, 3.8) is 0 Å². The summed E-state index contributed by atoms with van der Waals surface area (Å²) in [6.45, 7) is 7.28. The smallest absolute Gasteiger partial charge is 0.253 e. The normalized spacial score (nSPS) is 15.8. The van der Waals surface area contributed by atoms with Crippen LogP contribution in [0.15, 0.2) is 72.9 Å². The average Bonchev–Trinajstić information content (AvgIpc) is 3.22. The molecule has 0 spiro atoms. The van der Waals surface area contributed by atoms with Crippen molar-refractivity contribution >= 4 is 16.8 Å². The Labute approximate surface area is 212 Å². The molecule has 5 nitrogen and oxygen atoms in total. The highest BCUT2D eigenvalue weighted by Gasteiger charge is 2.18. The quantitative estimate of drug-likeness (QED) is 0.408. The molecule has 1 fully saturated rings. The first-order chi connectivity index (χ1) is 17.4. The zero-order valence-corrected chi connectivity index (χ0v) is 21.2. The zero-order chi connectivity index (χ0) is 25.2. The molecule has 1 atom stereocenters. The van der Waals surface area contributed by atoms with Gasteiger partial charge in [-0.25, -0.2) is 4.39 Å². The van der Waals surface area contributed by atoms with Crippen molar-refractivity contribution in [2.45, 2.75) is 19.5 Å². The molecule has 1 aliphatic heterocycles. The Bertz CT molecular complexity index is 1370. The lowest BCUT2D eigenvalue weighted by Crippen LogP contribution is -2.43. The van der Waals surface area contributed by atoms with Gasteiger partial charge in [0.15, 0.2) is 0 Å². The molecular weight excluding hydrogens is 451 g/mol. The number of fused-ring (bicyclic) bond motifs is 1. The summed E-state index contributed by atoms with van der Waals surface area (Å²) in [4.78, 5) is 18.1. The van der Waals surface area contributed by atoms with Crippen LogP contribution in [-0.4, -0.2) is 53.5 Å². The van der Waals surface area contributed by atoms with E-state index in [9.17, 15) is 9.18 Å². The van der Waals surface area contributed by atoms with Crippen LogP contribution < -0.4 is 5.32 Å². The van der Waals surface area contributed by atoms with Crippen molar-refractivity contribution in [2.24, 2.45) is 7.05 Å². The number of piperazine rings is 1. The second-order valence-corrected chi connectivity index (χ2v) is 9.91. The lowest BCUT2D eigenvalue weighted by atomic mass is 10.0. The number of hydrogen-bond acceptors (Lipinski definition) is 3. The van der Waals surface area contributed by atoms with Gasteiger partial charge in [0.25, 0.3) is 5.91 Å². The molecule has 186 valence electrons. The van der Waals surface area contributed by atoms with Crippen LogP contribution in [0.4, 0.5) is 4.39 Å². The van der Waals surface area contributed by atoms with Crippen LogP contribution in [0, 0.1) is 5.82 Å². The van der Waals surface area contributed by atoms with Crippen LogP contribution >= 0.6 is 0 Å².